The Kier molecular flexibility index (Phi) is 4.64. The van der Waals surface area contributed by atoms with Gasteiger partial charge in [-0.25, -0.2) is 17.5 Å². The molecule has 0 aromatic heterocycles. The van der Waals surface area contributed by atoms with Crippen molar-refractivity contribution in [3.8, 4) is 0 Å². The van der Waals surface area contributed by atoms with E-state index in [1.807, 2.05) is 0 Å². The van der Waals surface area contributed by atoms with Crippen molar-refractivity contribution < 1.29 is 23.1 Å². The maximum atomic E-state index is 12.6. The summed E-state index contributed by atoms with van der Waals surface area (Å²) in [6.45, 7) is 0.630. The molecule has 2 saturated heterocycles. The van der Waals surface area contributed by atoms with Crippen molar-refractivity contribution >= 4 is 21.9 Å². The highest BCUT2D eigenvalue weighted by Crippen LogP contribution is 2.40. The number of carboxylic acid groups (broad SMARTS) is 1. The third kappa shape index (κ3) is 3.24. The van der Waals surface area contributed by atoms with Crippen molar-refractivity contribution in [2.45, 2.75) is 57.0 Å². The molecule has 2 heterocycles. The zero-order chi connectivity index (χ0) is 16.6. The van der Waals surface area contributed by atoms with Gasteiger partial charge in [0.15, 0.2) is 0 Å². The standard InChI is InChI=1S/C15H24N2O5S/c18-14(6-8-16-7-3-9-23(16,21)22)17-12-5-2-1-4-11(12)10-13(17)15(19)20/h11-13H,1-10H2,(H,19,20)/t11-,12-,13-/m0/s1. The second kappa shape index (κ2) is 6.39. The minimum absolute atomic E-state index is 0.0209. The van der Waals surface area contributed by atoms with Crippen LogP contribution in [0, 0.1) is 5.92 Å². The number of amides is 1. The lowest BCUT2D eigenvalue weighted by Gasteiger charge is -2.33. The van der Waals surface area contributed by atoms with Crippen LogP contribution in [0.5, 0.6) is 0 Å². The third-order valence-corrected chi connectivity index (χ3v) is 7.40. The quantitative estimate of drug-likeness (QED) is 0.808. The van der Waals surface area contributed by atoms with Gasteiger partial charge in [-0.1, -0.05) is 12.8 Å². The minimum atomic E-state index is -3.21. The van der Waals surface area contributed by atoms with Crippen LogP contribution < -0.4 is 0 Å². The molecule has 3 atom stereocenters. The van der Waals surface area contributed by atoms with E-state index in [2.05, 4.69) is 0 Å². The highest BCUT2D eigenvalue weighted by molar-refractivity contribution is 7.89. The van der Waals surface area contributed by atoms with Gasteiger partial charge < -0.3 is 10.0 Å². The fourth-order valence-electron chi connectivity index (χ4n) is 4.33. The molecule has 0 bridgehead atoms. The Labute approximate surface area is 136 Å². The summed E-state index contributed by atoms with van der Waals surface area (Å²) in [5, 5.41) is 9.44. The number of aliphatic carboxylic acids is 1. The molecule has 1 N–H and O–H groups in total. The number of nitrogens with zero attached hydrogens (tertiary/aromatic N) is 2. The van der Waals surface area contributed by atoms with Gasteiger partial charge in [0.05, 0.1) is 5.75 Å². The van der Waals surface area contributed by atoms with Crippen LogP contribution in [0.2, 0.25) is 0 Å². The van der Waals surface area contributed by atoms with Crippen molar-refractivity contribution in [2.24, 2.45) is 5.92 Å². The smallest absolute Gasteiger partial charge is 0.326 e. The number of fused-ring (bicyclic) bond motifs is 1. The summed E-state index contributed by atoms with van der Waals surface area (Å²) in [5.41, 5.74) is 0. The summed E-state index contributed by atoms with van der Waals surface area (Å²) in [7, 11) is -3.21. The van der Waals surface area contributed by atoms with Gasteiger partial charge in [0.1, 0.15) is 6.04 Å². The monoisotopic (exact) mass is 344 g/mol. The van der Waals surface area contributed by atoms with E-state index in [-0.39, 0.29) is 36.6 Å². The van der Waals surface area contributed by atoms with Crippen LogP contribution in [-0.2, 0) is 19.6 Å². The molecule has 2 aliphatic heterocycles. The fraction of sp³-hybridized carbons (Fsp3) is 0.867. The van der Waals surface area contributed by atoms with Gasteiger partial charge in [-0.3, -0.25) is 4.79 Å². The molecule has 130 valence electrons. The van der Waals surface area contributed by atoms with E-state index in [4.69, 9.17) is 0 Å². The van der Waals surface area contributed by atoms with E-state index in [1.54, 1.807) is 4.90 Å². The summed E-state index contributed by atoms with van der Waals surface area (Å²) in [4.78, 5) is 25.7. The lowest BCUT2D eigenvalue weighted by atomic mass is 9.84. The maximum absolute atomic E-state index is 12.6. The SMILES string of the molecule is O=C(O)[C@@H]1C[C@@H]2CCCC[C@@H]2N1C(=O)CCN1CCCS1(=O)=O. The summed E-state index contributed by atoms with van der Waals surface area (Å²) >= 11 is 0. The molecule has 7 nitrogen and oxygen atoms in total. The third-order valence-electron chi connectivity index (χ3n) is 5.44. The van der Waals surface area contributed by atoms with Gasteiger partial charge in [-0.2, -0.15) is 0 Å². The minimum Gasteiger partial charge on any atom is -0.480 e. The molecule has 0 aromatic carbocycles. The van der Waals surface area contributed by atoms with E-state index in [0.29, 0.717) is 19.4 Å². The predicted molar refractivity (Wildman–Crippen MR) is 83.2 cm³/mol. The summed E-state index contributed by atoms with van der Waals surface area (Å²) in [6, 6.07) is -0.724. The second-order valence-corrected chi connectivity index (χ2v) is 8.91. The molecule has 3 aliphatic rings. The van der Waals surface area contributed by atoms with Gasteiger partial charge >= 0.3 is 5.97 Å². The molecule has 0 aromatic rings. The van der Waals surface area contributed by atoms with Crippen LogP contribution in [0.1, 0.15) is 44.9 Å². The zero-order valence-electron chi connectivity index (χ0n) is 13.2. The van der Waals surface area contributed by atoms with Crippen LogP contribution in [-0.4, -0.2) is 65.5 Å². The van der Waals surface area contributed by atoms with Crippen molar-refractivity contribution in [1.29, 1.82) is 0 Å². The summed E-state index contributed by atoms with van der Waals surface area (Å²) < 4.78 is 25.0. The van der Waals surface area contributed by atoms with Gasteiger partial charge in [0, 0.05) is 25.6 Å². The molecule has 1 saturated carbocycles. The topological polar surface area (TPSA) is 95.0 Å². The number of carbonyl (C=O) groups is 2. The number of carbonyl (C=O) groups excluding carboxylic acids is 1. The Morgan fingerprint density at radius 2 is 1.87 bits per heavy atom. The van der Waals surface area contributed by atoms with Crippen LogP contribution in [0.3, 0.4) is 0 Å². The van der Waals surface area contributed by atoms with Crippen molar-refractivity contribution in [3.63, 3.8) is 0 Å². The Balaban J connectivity index is 1.67. The van der Waals surface area contributed by atoms with Crippen LogP contribution >= 0.6 is 0 Å². The highest BCUT2D eigenvalue weighted by atomic mass is 32.2. The fourth-order valence-corrected chi connectivity index (χ4v) is 5.86. The molecular weight excluding hydrogens is 320 g/mol. The number of carboxylic acids is 1. The Morgan fingerprint density at radius 1 is 1.13 bits per heavy atom. The highest BCUT2D eigenvalue weighted by Gasteiger charge is 2.47. The van der Waals surface area contributed by atoms with E-state index >= 15 is 0 Å². The molecular formula is C15H24N2O5S. The molecule has 8 heteroatoms. The maximum Gasteiger partial charge on any atom is 0.326 e. The first-order valence-electron chi connectivity index (χ1n) is 8.42. The number of hydrogen-bond acceptors (Lipinski definition) is 4. The summed E-state index contributed by atoms with van der Waals surface area (Å²) in [6.07, 6.45) is 5.18. The molecule has 23 heavy (non-hydrogen) atoms. The lowest BCUT2D eigenvalue weighted by Crippen LogP contribution is -2.47. The van der Waals surface area contributed by atoms with Crippen molar-refractivity contribution in [2.75, 3.05) is 18.8 Å². The first-order valence-corrected chi connectivity index (χ1v) is 10.0. The van der Waals surface area contributed by atoms with E-state index in [9.17, 15) is 23.1 Å². The molecule has 0 unspecified atom stereocenters. The van der Waals surface area contributed by atoms with Gasteiger partial charge in [0.25, 0.3) is 0 Å². The normalized spacial score (nSPS) is 33.6. The molecule has 3 fully saturated rings. The number of sulfonamides is 1. The largest absolute Gasteiger partial charge is 0.480 e. The molecule has 3 rings (SSSR count). The van der Waals surface area contributed by atoms with E-state index in [1.165, 1.54) is 4.31 Å². The van der Waals surface area contributed by atoms with Crippen LogP contribution in [0.4, 0.5) is 0 Å². The average Bonchev–Trinajstić information content (AvgIpc) is 3.04. The van der Waals surface area contributed by atoms with Crippen molar-refractivity contribution in [3.05, 3.63) is 0 Å². The Hall–Kier alpha value is -1.15. The molecule has 0 radical (unpaired) electrons. The predicted octanol–water partition coefficient (Wildman–Crippen LogP) is 0.656. The van der Waals surface area contributed by atoms with Crippen LogP contribution in [0.15, 0.2) is 0 Å². The average molecular weight is 344 g/mol. The number of rotatable bonds is 4. The summed E-state index contributed by atoms with van der Waals surface area (Å²) in [5.74, 6) is -0.729. The number of hydrogen-bond donors (Lipinski definition) is 1. The van der Waals surface area contributed by atoms with Gasteiger partial charge in [-0.05, 0) is 31.6 Å². The van der Waals surface area contributed by atoms with Gasteiger partial charge in [0.2, 0.25) is 15.9 Å². The van der Waals surface area contributed by atoms with Crippen molar-refractivity contribution in [1.82, 2.24) is 9.21 Å². The molecule has 0 spiro atoms. The second-order valence-electron chi connectivity index (χ2n) is 6.82. The van der Waals surface area contributed by atoms with Crippen LogP contribution in [0.25, 0.3) is 0 Å². The molecule has 1 aliphatic carbocycles. The lowest BCUT2D eigenvalue weighted by molar-refractivity contribution is -0.149. The van der Waals surface area contributed by atoms with Gasteiger partial charge in [-0.15, -0.1) is 0 Å². The van der Waals surface area contributed by atoms with E-state index in [0.717, 1.165) is 25.7 Å². The number of likely N-dealkylation sites (tertiary alicyclic amines) is 1. The Morgan fingerprint density at radius 3 is 2.52 bits per heavy atom. The van der Waals surface area contributed by atoms with E-state index < -0.39 is 22.0 Å². The first kappa shape index (κ1) is 16.7. The first-order chi connectivity index (χ1) is 10.9. The zero-order valence-corrected chi connectivity index (χ0v) is 14.0. The Bertz CT molecular complexity index is 591. The molecule has 1 amide bonds.